The van der Waals surface area contributed by atoms with Gasteiger partial charge in [0, 0.05) is 12.1 Å². The molecule has 0 aliphatic rings. The molecule has 2 aromatic carbocycles. The van der Waals surface area contributed by atoms with Gasteiger partial charge in [0.15, 0.2) is 0 Å². The number of ether oxygens (including phenoxy) is 3. The highest BCUT2D eigenvalue weighted by molar-refractivity contribution is 9.10. The van der Waals surface area contributed by atoms with Crippen LogP contribution in [0.1, 0.15) is 24.1 Å². The van der Waals surface area contributed by atoms with Gasteiger partial charge in [-0.1, -0.05) is 6.07 Å². The molecule has 26 heavy (non-hydrogen) atoms. The van der Waals surface area contributed by atoms with E-state index >= 15 is 0 Å². The molecule has 0 fully saturated rings. The van der Waals surface area contributed by atoms with Crippen LogP contribution in [0.4, 0.5) is 0 Å². The van der Waals surface area contributed by atoms with Gasteiger partial charge >= 0.3 is 0 Å². The van der Waals surface area contributed by atoms with Gasteiger partial charge in [-0.05, 0) is 64.3 Å². The van der Waals surface area contributed by atoms with Crippen LogP contribution < -0.4 is 19.5 Å². The molecule has 0 aliphatic heterocycles. The number of hydrogen-bond acceptors (Lipinski definition) is 4. The molecule has 0 saturated heterocycles. The summed E-state index contributed by atoms with van der Waals surface area (Å²) in [6, 6.07) is 11.0. The highest BCUT2D eigenvalue weighted by Crippen LogP contribution is 2.28. The lowest BCUT2D eigenvalue weighted by atomic mass is 10.1. The second-order valence-corrected chi connectivity index (χ2v) is 6.46. The fourth-order valence-corrected chi connectivity index (χ4v) is 2.95. The van der Waals surface area contributed by atoms with Crippen molar-refractivity contribution in [1.82, 2.24) is 5.32 Å². The molecular weight excluding hydrogens is 398 g/mol. The topological polar surface area (TPSA) is 56.8 Å². The number of carbonyl (C=O) groups excluding carboxylic acids is 1. The summed E-state index contributed by atoms with van der Waals surface area (Å²) in [6.45, 7) is 1.93. The first-order valence-electron chi connectivity index (χ1n) is 8.02. The van der Waals surface area contributed by atoms with Crippen molar-refractivity contribution < 1.29 is 19.0 Å². The monoisotopic (exact) mass is 419 g/mol. The van der Waals surface area contributed by atoms with Crippen LogP contribution in [0.3, 0.4) is 0 Å². The van der Waals surface area contributed by atoms with Crippen molar-refractivity contribution in [2.45, 2.75) is 13.0 Å². The summed E-state index contributed by atoms with van der Waals surface area (Å²) in [7, 11) is 4.79. The molecule has 0 aliphatic carbocycles. The van der Waals surface area contributed by atoms with Crippen molar-refractivity contribution in [2.24, 2.45) is 0 Å². The lowest BCUT2D eigenvalue weighted by Gasteiger charge is -2.14. The van der Waals surface area contributed by atoms with Crippen molar-refractivity contribution in [3.8, 4) is 17.2 Å². The third-order valence-corrected chi connectivity index (χ3v) is 4.46. The number of nitrogens with one attached hydrogen (secondary N) is 1. The smallest absolute Gasteiger partial charge is 0.244 e. The second-order valence-electron chi connectivity index (χ2n) is 5.60. The Balaban J connectivity index is 2.06. The van der Waals surface area contributed by atoms with Crippen LogP contribution in [-0.4, -0.2) is 27.2 Å². The molecule has 2 rings (SSSR count). The molecule has 0 aromatic heterocycles. The maximum Gasteiger partial charge on any atom is 0.244 e. The van der Waals surface area contributed by atoms with Crippen molar-refractivity contribution in [2.75, 3.05) is 21.3 Å². The van der Waals surface area contributed by atoms with E-state index in [1.54, 1.807) is 33.5 Å². The summed E-state index contributed by atoms with van der Waals surface area (Å²) in [6.07, 6.45) is 3.21. The first-order chi connectivity index (χ1) is 12.5. The van der Waals surface area contributed by atoms with E-state index in [1.165, 1.54) is 6.08 Å². The van der Waals surface area contributed by atoms with Gasteiger partial charge in [-0.15, -0.1) is 0 Å². The average Bonchev–Trinajstić information content (AvgIpc) is 2.65. The largest absolute Gasteiger partial charge is 0.497 e. The van der Waals surface area contributed by atoms with Gasteiger partial charge in [0.2, 0.25) is 5.91 Å². The molecular formula is C20H22BrNO4. The van der Waals surface area contributed by atoms with Gasteiger partial charge in [-0.25, -0.2) is 0 Å². The van der Waals surface area contributed by atoms with E-state index in [2.05, 4.69) is 21.2 Å². The Kier molecular flexibility index (Phi) is 7.09. The van der Waals surface area contributed by atoms with Gasteiger partial charge < -0.3 is 19.5 Å². The van der Waals surface area contributed by atoms with Gasteiger partial charge in [0.1, 0.15) is 17.2 Å². The Bertz CT molecular complexity index is 782. The number of rotatable bonds is 7. The van der Waals surface area contributed by atoms with Gasteiger partial charge in [-0.2, -0.15) is 0 Å². The molecule has 0 saturated carbocycles. The molecule has 5 nitrogen and oxygen atoms in total. The third kappa shape index (κ3) is 5.26. The summed E-state index contributed by atoms with van der Waals surface area (Å²) in [4.78, 5) is 12.2. The summed E-state index contributed by atoms with van der Waals surface area (Å²) in [5.74, 6) is 1.90. The van der Waals surface area contributed by atoms with Crippen LogP contribution in [0, 0.1) is 0 Å². The van der Waals surface area contributed by atoms with Crippen LogP contribution in [0.25, 0.3) is 6.08 Å². The van der Waals surface area contributed by atoms with E-state index in [1.807, 2.05) is 37.3 Å². The Morgan fingerprint density at radius 3 is 2.23 bits per heavy atom. The fourth-order valence-electron chi connectivity index (χ4n) is 2.39. The average molecular weight is 420 g/mol. The molecule has 0 spiro atoms. The first-order valence-corrected chi connectivity index (χ1v) is 8.81. The molecule has 0 bridgehead atoms. The van der Waals surface area contributed by atoms with E-state index < -0.39 is 0 Å². The van der Waals surface area contributed by atoms with Gasteiger partial charge in [-0.3, -0.25) is 4.79 Å². The Hall–Kier alpha value is -2.47. The number of hydrogen-bond donors (Lipinski definition) is 1. The standard InChI is InChI=1S/C20H22BrNO4/c1-13(15-6-7-19(26-4)18(21)11-15)22-20(23)8-5-14-9-16(24-2)12-17(10-14)25-3/h5-13H,1-4H3,(H,22,23)/b8-5+/t13-/m0/s1. The maximum absolute atomic E-state index is 12.2. The predicted molar refractivity (Wildman–Crippen MR) is 106 cm³/mol. The molecule has 0 radical (unpaired) electrons. The number of benzene rings is 2. The molecule has 0 unspecified atom stereocenters. The molecule has 1 amide bonds. The van der Waals surface area contributed by atoms with Crippen LogP contribution in [0.2, 0.25) is 0 Å². The minimum Gasteiger partial charge on any atom is -0.497 e. The van der Waals surface area contributed by atoms with Crippen molar-refractivity contribution >= 4 is 27.9 Å². The third-order valence-electron chi connectivity index (χ3n) is 3.84. The minimum atomic E-state index is -0.189. The Labute approximate surface area is 162 Å². The summed E-state index contributed by atoms with van der Waals surface area (Å²) >= 11 is 3.45. The predicted octanol–water partition coefficient (Wildman–Crippen LogP) is 4.37. The molecule has 1 atom stereocenters. The molecule has 138 valence electrons. The molecule has 2 aromatic rings. The zero-order valence-corrected chi connectivity index (χ0v) is 16.8. The van der Waals surface area contributed by atoms with E-state index in [0.717, 1.165) is 21.3 Å². The van der Waals surface area contributed by atoms with Crippen molar-refractivity contribution in [1.29, 1.82) is 0 Å². The SMILES string of the molecule is COc1cc(/C=C/C(=O)N[C@@H](C)c2ccc(OC)c(Br)c2)cc(OC)c1. The van der Waals surface area contributed by atoms with E-state index in [9.17, 15) is 4.79 Å². The zero-order valence-electron chi connectivity index (χ0n) is 15.2. The number of halogens is 1. The molecule has 1 N–H and O–H groups in total. The zero-order chi connectivity index (χ0) is 19.1. The van der Waals surface area contributed by atoms with Crippen LogP contribution in [0.15, 0.2) is 46.9 Å². The van der Waals surface area contributed by atoms with Crippen molar-refractivity contribution in [3.63, 3.8) is 0 Å². The van der Waals surface area contributed by atoms with Gasteiger partial charge in [0.05, 0.1) is 31.8 Å². The summed E-state index contributed by atoms with van der Waals surface area (Å²) in [5, 5.41) is 2.94. The fraction of sp³-hybridized carbons (Fsp3) is 0.250. The highest BCUT2D eigenvalue weighted by Gasteiger charge is 2.10. The first kappa shape index (κ1) is 19.8. The van der Waals surface area contributed by atoms with Crippen molar-refractivity contribution in [3.05, 3.63) is 58.1 Å². The van der Waals surface area contributed by atoms with Crippen LogP contribution in [-0.2, 0) is 4.79 Å². The van der Waals surface area contributed by atoms with Gasteiger partial charge in [0.25, 0.3) is 0 Å². The second kappa shape index (κ2) is 9.29. The highest BCUT2D eigenvalue weighted by atomic mass is 79.9. The van der Waals surface area contributed by atoms with E-state index in [0.29, 0.717) is 11.5 Å². The molecule has 6 heteroatoms. The number of methoxy groups -OCH3 is 3. The Morgan fingerprint density at radius 1 is 1.04 bits per heavy atom. The van der Waals surface area contributed by atoms with Crippen LogP contribution in [0.5, 0.6) is 17.2 Å². The summed E-state index contributed by atoms with van der Waals surface area (Å²) in [5.41, 5.74) is 1.79. The Morgan fingerprint density at radius 2 is 1.69 bits per heavy atom. The van der Waals surface area contributed by atoms with E-state index in [-0.39, 0.29) is 11.9 Å². The normalized spacial score (nSPS) is 11.9. The lowest BCUT2D eigenvalue weighted by Crippen LogP contribution is -2.24. The lowest BCUT2D eigenvalue weighted by molar-refractivity contribution is -0.117. The maximum atomic E-state index is 12.2. The number of amides is 1. The quantitative estimate of drug-likeness (QED) is 0.677. The summed E-state index contributed by atoms with van der Waals surface area (Å²) < 4.78 is 16.5. The number of carbonyl (C=O) groups is 1. The van der Waals surface area contributed by atoms with Crippen LogP contribution >= 0.6 is 15.9 Å². The molecule has 0 heterocycles. The van der Waals surface area contributed by atoms with E-state index in [4.69, 9.17) is 14.2 Å². The minimum absolute atomic E-state index is 0.144.